The van der Waals surface area contributed by atoms with Gasteiger partial charge in [-0.25, -0.2) is 0 Å². The summed E-state index contributed by atoms with van der Waals surface area (Å²) >= 11 is 1.68. The second-order valence-electron chi connectivity index (χ2n) is 3.97. The Morgan fingerprint density at radius 1 is 1.57 bits per heavy atom. The van der Waals surface area contributed by atoms with E-state index in [9.17, 15) is 5.11 Å². The lowest BCUT2D eigenvalue weighted by Crippen LogP contribution is -2.22. The molecule has 2 nitrogen and oxygen atoms in total. The van der Waals surface area contributed by atoms with Gasteiger partial charge in [0.1, 0.15) is 6.10 Å². The normalized spacial score (nSPS) is 20.8. The van der Waals surface area contributed by atoms with E-state index in [0.29, 0.717) is 5.92 Å². The maximum atomic E-state index is 10.1. The van der Waals surface area contributed by atoms with Crippen molar-refractivity contribution in [2.45, 2.75) is 32.0 Å². The minimum Gasteiger partial charge on any atom is -0.386 e. The number of hydrogen-bond acceptors (Lipinski definition) is 3. The fourth-order valence-electron chi connectivity index (χ4n) is 1.81. The molecule has 1 saturated carbocycles. The van der Waals surface area contributed by atoms with E-state index in [2.05, 4.69) is 6.92 Å². The number of methoxy groups -OCH3 is 1. The summed E-state index contributed by atoms with van der Waals surface area (Å²) in [4.78, 5) is 1.24. The predicted molar refractivity (Wildman–Crippen MR) is 57.5 cm³/mol. The molecule has 2 unspecified atom stereocenters. The topological polar surface area (TPSA) is 29.5 Å². The molecule has 78 valence electrons. The number of aryl methyl sites for hydroxylation is 1. The molecule has 14 heavy (non-hydrogen) atoms. The highest BCUT2D eigenvalue weighted by atomic mass is 32.1. The van der Waals surface area contributed by atoms with Gasteiger partial charge in [-0.2, -0.15) is 0 Å². The molecule has 0 amide bonds. The lowest BCUT2D eigenvalue weighted by atomic mass is 10.0. The Labute approximate surface area is 88.5 Å². The third-order valence-electron chi connectivity index (χ3n) is 2.76. The van der Waals surface area contributed by atoms with Gasteiger partial charge in [-0.05, 0) is 42.7 Å². The van der Waals surface area contributed by atoms with E-state index < -0.39 is 6.10 Å². The summed E-state index contributed by atoms with van der Waals surface area (Å²) in [6.07, 6.45) is 1.93. The minimum absolute atomic E-state index is 0.0102. The van der Waals surface area contributed by atoms with Gasteiger partial charge in [0.05, 0.1) is 6.10 Å². The summed E-state index contributed by atoms with van der Waals surface area (Å²) in [5, 5.41) is 12.1. The van der Waals surface area contributed by atoms with Gasteiger partial charge in [0.2, 0.25) is 0 Å². The molecule has 0 saturated heterocycles. The number of thiophene rings is 1. The average Bonchev–Trinajstić information content (AvgIpc) is 2.90. The number of aliphatic hydroxyl groups excluding tert-OH is 1. The second kappa shape index (κ2) is 4.01. The monoisotopic (exact) mass is 212 g/mol. The van der Waals surface area contributed by atoms with Crippen molar-refractivity contribution < 1.29 is 9.84 Å². The number of aliphatic hydroxyl groups is 1. The molecule has 1 N–H and O–H groups in total. The van der Waals surface area contributed by atoms with Crippen molar-refractivity contribution in [3.05, 3.63) is 21.9 Å². The van der Waals surface area contributed by atoms with Gasteiger partial charge >= 0.3 is 0 Å². The van der Waals surface area contributed by atoms with Crippen molar-refractivity contribution >= 4 is 11.3 Å². The fraction of sp³-hybridized carbons (Fsp3) is 0.636. The molecular formula is C11H16O2S. The molecule has 3 heteroatoms. The SMILES string of the molecule is COC(C1CC1)C(O)c1csc(C)c1. The largest absolute Gasteiger partial charge is 0.386 e. The van der Waals surface area contributed by atoms with E-state index in [1.807, 2.05) is 11.4 Å². The number of rotatable bonds is 4. The van der Waals surface area contributed by atoms with E-state index in [1.165, 1.54) is 17.7 Å². The van der Waals surface area contributed by atoms with Crippen LogP contribution < -0.4 is 0 Å². The molecule has 2 atom stereocenters. The Kier molecular flexibility index (Phi) is 2.91. The van der Waals surface area contributed by atoms with Gasteiger partial charge in [0.25, 0.3) is 0 Å². The van der Waals surface area contributed by atoms with Crippen LogP contribution >= 0.6 is 11.3 Å². The molecular weight excluding hydrogens is 196 g/mol. The summed E-state index contributed by atoms with van der Waals surface area (Å²) in [6.45, 7) is 2.06. The zero-order chi connectivity index (χ0) is 10.1. The molecule has 1 aromatic heterocycles. The lowest BCUT2D eigenvalue weighted by Gasteiger charge is -2.20. The van der Waals surface area contributed by atoms with E-state index >= 15 is 0 Å². The Hall–Kier alpha value is -0.380. The van der Waals surface area contributed by atoms with Crippen LogP contribution in [0.1, 0.15) is 29.4 Å². The molecule has 0 radical (unpaired) electrons. The first kappa shape index (κ1) is 10.1. The van der Waals surface area contributed by atoms with Crippen LogP contribution in [0, 0.1) is 12.8 Å². The highest BCUT2D eigenvalue weighted by Crippen LogP contribution is 2.40. The summed E-state index contributed by atoms with van der Waals surface area (Å²) in [5.41, 5.74) is 1.01. The molecule has 1 aliphatic carbocycles. The molecule has 0 aromatic carbocycles. The van der Waals surface area contributed by atoms with Gasteiger partial charge in [0, 0.05) is 12.0 Å². The number of hydrogen-bond donors (Lipinski definition) is 1. The lowest BCUT2D eigenvalue weighted by molar-refractivity contribution is -0.0257. The molecule has 0 bridgehead atoms. The van der Waals surface area contributed by atoms with Crippen molar-refractivity contribution in [2.24, 2.45) is 5.92 Å². The Morgan fingerprint density at radius 2 is 2.29 bits per heavy atom. The van der Waals surface area contributed by atoms with Gasteiger partial charge in [-0.15, -0.1) is 11.3 Å². The average molecular weight is 212 g/mol. The zero-order valence-corrected chi connectivity index (χ0v) is 9.38. The molecule has 2 rings (SSSR count). The first-order valence-electron chi connectivity index (χ1n) is 4.98. The van der Waals surface area contributed by atoms with Gasteiger partial charge in [-0.3, -0.25) is 0 Å². The second-order valence-corrected chi connectivity index (χ2v) is 5.09. The highest BCUT2D eigenvalue weighted by molar-refractivity contribution is 7.10. The van der Waals surface area contributed by atoms with Crippen LogP contribution in [-0.4, -0.2) is 18.3 Å². The standard InChI is InChI=1S/C11H16O2S/c1-7-5-9(6-14-7)10(12)11(13-2)8-3-4-8/h5-6,8,10-12H,3-4H2,1-2H3. The molecule has 1 aromatic rings. The van der Waals surface area contributed by atoms with Crippen LogP contribution in [0.25, 0.3) is 0 Å². The van der Waals surface area contributed by atoms with E-state index in [0.717, 1.165) is 5.56 Å². The Bertz CT molecular complexity index is 304. The molecule has 1 fully saturated rings. The van der Waals surface area contributed by atoms with Gasteiger partial charge < -0.3 is 9.84 Å². The molecule has 1 heterocycles. The van der Waals surface area contributed by atoms with Crippen LogP contribution in [0.3, 0.4) is 0 Å². The summed E-state index contributed by atoms with van der Waals surface area (Å²) in [5.74, 6) is 0.565. The Balaban J connectivity index is 2.08. The fourth-order valence-corrected chi connectivity index (χ4v) is 2.55. The summed E-state index contributed by atoms with van der Waals surface area (Å²) < 4.78 is 5.35. The summed E-state index contributed by atoms with van der Waals surface area (Å²) in [7, 11) is 1.69. The van der Waals surface area contributed by atoms with Crippen molar-refractivity contribution in [2.75, 3.05) is 7.11 Å². The van der Waals surface area contributed by atoms with Gasteiger partial charge in [0.15, 0.2) is 0 Å². The van der Waals surface area contributed by atoms with Crippen LogP contribution in [0.4, 0.5) is 0 Å². The predicted octanol–water partition coefficient (Wildman–Crippen LogP) is 2.51. The third kappa shape index (κ3) is 2.00. The smallest absolute Gasteiger partial charge is 0.106 e. The van der Waals surface area contributed by atoms with E-state index in [1.54, 1.807) is 18.4 Å². The van der Waals surface area contributed by atoms with E-state index in [4.69, 9.17) is 4.74 Å². The molecule has 0 aliphatic heterocycles. The maximum absolute atomic E-state index is 10.1. The number of ether oxygens (including phenoxy) is 1. The highest BCUT2D eigenvalue weighted by Gasteiger charge is 2.36. The van der Waals surface area contributed by atoms with Crippen LogP contribution in [-0.2, 0) is 4.74 Å². The van der Waals surface area contributed by atoms with Gasteiger partial charge in [-0.1, -0.05) is 0 Å². The van der Waals surface area contributed by atoms with Crippen LogP contribution in [0.2, 0.25) is 0 Å². The molecule has 1 aliphatic rings. The quantitative estimate of drug-likeness (QED) is 0.831. The van der Waals surface area contributed by atoms with Crippen LogP contribution in [0.15, 0.2) is 11.4 Å². The minimum atomic E-state index is -0.447. The first-order chi connectivity index (χ1) is 6.72. The zero-order valence-electron chi connectivity index (χ0n) is 8.56. The van der Waals surface area contributed by atoms with Crippen LogP contribution in [0.5, 0.6) is 0 Å². The maximum Gasteiger partial charge on any atom is 0.106 e. The first-order valence-corrected chi connectivity index (χ1v) is 5.86. The Morgan fingerprint density at radius 3 is 2.71 bits per heavy atom. The van der Waals surface area contributed by atoms with Crippen molar-refractivity contribution in [3.8, 4) is 0 Å². The third-order valence-corrected chi connectivity index (χ3v) is 3.64. The van der Waals surface area contributed by atoms with Crippen molar-refractivity contribution in [1.82, 2.24) is 0 Å². The van der Waals surface area contributed by atoms with E-state index in [-0.39, 0.29) is 6.10 Å². The van der Waals surface area contributed by atoms with Crippen molar-refractivity contribution in [3.63, 3.8) is 0 Å². The summed E-state index contributed by atoms with van der Waals surface area (Å²) in [6, 6.07) is 2.05. The molecule has 0 spiro atoms. The van der Waals surface area contributed by atoms with Crippen molar-refractivity contribution in [1.29, 1.82) is 0 Å².